The Hall–Kier alpha value is -3.19. The zero-order chi connectivity index (χ0) is 17.9. The Balaban J connectivity index is 2.71. The van der Waals surface area contributed by atoms with E-state index in [-0.39, 0.29) is 17.7 Å². The molecule has 0 heterocycles. The Labute approximate surface area is 137 Å². The van der Waals surface area contributed by atoms with Gasteiger partial charge in [0.05, 0.1) is 4.92 Å². The lowest BCUT2D eigenvalue weighted by molar-refractivity contribution is -0.384. The van der Waals surface area contributed by atoms with Crippen LogP contribution in [0.2, 0.25) is 0 Å². The van der Waals surface area contributed by atoms with Gasteiger partial charge in [-0.2, -0.15) is 0 Å². The highest BCUT2D eigenvalue weighted by Crippen LogP contribution is 2.16. The van der Waals surface area contributed by atoms with E-state index in [1.807, 2.05) is 0 Å². The van der Waals surface area contributed by atoms with Crippen molar-refractivity contribution in [1.29, 1.82) is 0 Å². The van der Waals surface area contributed by atoms with Crippen LogP contribution in [0.5, 0.6) is 0 Å². The van der Waals surface area contributed by atoms with Crippen LogP contribution in [0.3, 0.4) is 0 Å². The number of nitro groups is 1. The third kappa shape index (κ3) is 6.29. The SMILES string of the molecule is [N-]=[N+]=NCCCCCC(=O)/C(=C\c1ccc([N+](=O)[O-])cc1)C(=O)O. The number of ketones is 1. The molecule has 0 atom stereocenters. The van der Waals surface area contributed by atoms with Crippen LogP contribution in [0.4, 0.5) is 5.69 Å². The monoisotopic (exact) mass is 332 g/mol. The van der Waals surface area contributed by atoms with Crippen molar-refractivity contribution in [1.82, 2.24) is 0 Å². The minimum absolute atomic E-state index is 0.0708. The molecule has 24 heavy (non-hydrogen) atoms. The Morgan fingerprint density at radius 3 is 2.46 bits per heavy atom. The number of nitrogens with zero attached hydrogens (tertiary/aromatic N) is 4. The summed E-state index contributed by atoms with van der Waals surface area (Å²) in [6.45, 7) is 0.342. The van der Waals surface area contributed by atoms with Crippen LogP contribution in [0.15, 0.2) is 35.0 Å². The number of Topliss-reactive ketones (excluding diaryl/α,β-unsaturated/α-hetero) is 1. The van der Waals surface area contributed by atoms with Gasteiger partial charge >= 0.3 is 5.97 Å². The summed E-state index contributed by atoms with van der Waals surface area (Å²) < 4.78 is 0. The van der Waals surface area contributed by atoms with E-state index in [0.29, 0.717) is 31.4 Å². The summed E-state index contributed by atoms with van der Waals surface area (Å²) in [5, 5.41) is 23.1. The van der Waals surface area contributed by atoms with Crippen molar-refractivity contribution in [2.24, 2.45) is 5.11 Å². The Morgan fingerprint density at radius 1 is 1.25 bits per heavy atom. The minimum Gasteiger partial charge on any atom is -0.478 e. The highest BCUT2D eigenvalue weighted by molar-refractivity contribution is 6.19. The number of rotatable bonds is 10. The van der Waals surface area contributed by atoms with Crippen LogP contribution in [0, 0.1) is 10.1 Å². The molecule has 0 aromatic heterocycles. The number of hydrogen-bond donors (Lipinski definition) is 1. The average Bonchev–Trinajstić information content (AvgIpc) is 2.55. The number of carbonyl (C=O) groups excluding carboxylic acids is 1. The Bertz CT molecular complexity index is 690. The van der Waals surface area contributed by atoms with Crippen molar-refractivity contribution in [3.8, 4) is 0 Å². The zero-order valence-corrected chi connectivity index (χ0v) is 12.8. The molecule has 0 fully saturated rings. The number of benzene rings is 1. The zero-order valence-electron chi connectivity index (χ0n) is 12.8. The van der Waals surface area contributed by atoms with Gasteiger partial charge in [-0.05, 0) is 42.1 Å². The number of nitro benzene ring substituents is 1. The van der Waals surface area contributed by atoms with E-state index >= 15 is 0 Å². The predicted molar refractivity (Wildman–Crippen MR) is 86.2 cm³/mol. The molecule has 9 heteroatoms. The molecule has 1 aromatic carbocycles. The van der Waals surface area contributed by atoms with Crippen molar-refractivity contribution in [2.75, 3.05) is 6.54 Å². The van der Waals surface area contributed by atoms with Crippen molar-refractivity contribution in [3.05, 3.63) is 56.0 Å². The number of azide groups is 1. The van der Waals surface area contributed by atoms with Gasteiger partial charge in [0.1, 0.15) is 5.57 Å². The molecule has 9 nitrogen and oxygen atoms in total. The van der Waals surface area contributed by atoms with Gasteiger partial charge < -0.3 is 5.11 Å². The molecule has 1 N–H and O–H groups in total. The number of non-ortho nitro benzene ring substituents is 1. The summed E-state index contributed by atoms with van der Waals surface area (Å²) in [7, 11) is 0. The highest BCUT2D eigenvalue weighted by atomic mass is 16.6. The van der Waals surface area contributed by atoms with Gasteiger partial charge in [0, 0.05) is 30.0 Å². The van der Waals surface area contributed by atoms with Gasteiger partial charge in [0.2, 0.25) is 0 Å². The summed E-state index contributed by atoms with van der Waals surface area (Å²) in [6, 6.07) is 5.25. The topological polar surface area (TPSA) is 146 Å². The van der Waals surface area contributed by atoms with Crippen LogP contribution < -0.4 is 0 Å². The minimum atomic E-state index is -1.34. The molecule has 1 rings (SSSR count). The van der Waals surface area contributed by atoms with Gasteiger partial charge in [0.15, 0.2) is 5.78 Å². The third-order valence-electron chi connectivity index (χ3n) is 3.17. The standard InChI is InChI=1S/C15H16N4O5/c16-18-17-9-3-1-2-4-14(20)13(15(21)22)10-11-5-7-12(8-6-11)19(23)24/h5-8,10H,1-4,9H2,(H,21,22)/b13-10+. The first-order valence-corrected chi connectivity index (χ1v) is 7.19. The number of unbranched alkanes of at least 4 members (excludes halogenated alkanes) is 2. The maximum Gasteiger partial charge on any atom is 0.339 e. The fourth-order valence-corrected chi connectivity index (χ4v) is 1.94. The van der Waals surface area contributed by atoms with E-state index in [2.05, 4.69) is 10.0 Å². The van der Waals surface area contributed by atoms with Crippen LogP contribution >= 0.6 is 0 Å². The van der Waals surface area contributed by atoms with E-state index in [1.165, 1.54) is 30.3 Å². The first-order chi connectivity index (χ1) is 11.5. The lowest BCUT2D eigenvalue weighted by atomic mass is 10.0. The van der Waals surface area contributed by atoms with Crippen molar-refractivity contribution >= 4 is 23.5 Å². The molecule has 1 aromatic rings. The molecule has 0 amide bonds. The maximum atomic E-state index is 12.0. The van der Waals surface area contributed by atoms with Gasteiger partial charge in [-0.1, -0.05) is 11.5 Å². The number of carbonyl (C=O) groups is 2. The second-order valence-electron chi connectivity index (χ2n) is 4.90. The van der Waals surface area contributed by atoms with E-state index in [1.54, 1.807) is 0 Å². The predicted octanol–water partition coefficient (Wildman–Crippen LogP) is 3.50. The molecular weight excluding hydrogens is 316 g/mol. The van der Waals surface area contributed by atoms with Gasteiger partial charge in [-0.25, -0.2) is 4.79 Å². The van der Waals surface area contributed by atoms with E-state index in [9.17, 15) is 19.7 Å². The fraction of sp³-hybridized carbons (Fsp3) is 0.333. The normalized spacial score (nSPS) is 10.8. The van der Waals surface area contributed by atoms with Crippen molar-refractivity contribution in [3.63, 3.8) is 0 Å². The lowest BCUT2D eigenvalue weighted by Crippen LogP contribution is -2.12. The van der Waals surface area contributed by atoms with Gasteiger partial charge in [-0.3, -0.25) is 14.9 Å². The maximum absolute atomic E-state index is 12.0. The number of aliphatic carboxylic acids is 1. The van der Waals surface area contributed by atoms with E-state index < -0.39 is 16.7 Å². The molecule has 0 aliphatic heterocycles. The smallest absolute Gasteiger partial charge is 0.339 e. The molecule has 0 bridgehead atoms. The van der Waals surface area contributed by atoms with Gasteiger partial charge in [-0.15, -0.1) is 0 Å². The fourth-order valence-electron chi connectivity index (χ4n) is 1.94. The number of hydrogen-bond acceptors (Lipinski definition) is 5. The highest BCUT2D eigenvalue weighted by Gasteiger charge is 2.17. The molecule has 126 valence electrons. The van der Waals surface area contributed by atoms with E-state index in [4.69, 9.17) is 10.6 Å². The quantitative estimate of drug-likeness (QED) is 0.0801. The van der Waals surface area contributed by atoms with Gasteiger partial charge in [0.25, 0.3) is 5.69 Å². The molecular formula is C15H16N4O5. The summed E-state index contributed by atoms with van der Waals surface area (Å²) in [4.78, 5) is 35.9. The molecule has 0 saturated heterocycles. The molecule has 0 unspecified atom stereocenters. The third-order valence-corrected chi connectivity index (χ3v) is 3.17. The van der Waals surface area contributed by atoms with Crippen LogP contribution in [0.25, 0.3) is 16.5 Å². The first kappa shape index (κ1) is 18.9. The van der Waals surface area contributed by atoms with Crippen molar-refractivity contribution < 1.29 is 19.6 Å². The second-order valence-corrected chi connectivity index (χ2v) is 4.90. The lowest BCUT2D eigenvalue weighted by Gasteiger charge is -2.03. The van der Waals surface area contributed by atoms with Crippen LogP contribution in [0.1, 0.15) is 31.2 Å². The second kappa shape index (κ2) is 9.75. The summed E-state index contributed by atoms with van der Waals surface area (Å²) in [5.41, 5.74) is 8.05. The molecule has 0 saturated carbocycles. The molecule has 0 aliphatic carbocycles. The Morgan fingerprint density at radius 2 is 1.92 bits per heavy atom. The number of carboxylic acid groups (broad SMARTS) is 1. The molecule has 0 aliphatic rings. The van der Waals surface area contributed by atoms with Crippen LogP contribution in [-0.2, 0) is 9.59 Å². The summed E-state index contributed by atoms with van der Waals surface area (Å²) in [5.74, 6) is -1.85. The van der Waals surface area contributed by atoms with Crippen LogP contribution in [-0.4, -0.2) is 28.3 Å². The molecule has 0 spiro atoms. The largest absolute Gasteiger partial charge is 0.478 e. The summed E-state index contributed by atoms with van der Waals surface area (Å²) >= 11 is 0. The Kier molecular flexibility index (Phi) is 7.66. The average molecular weight is 332 g/mol. The van der Waals surface area contributed by atoms with E-state index in [0.717, 1.165) is 0 Å². The summed E-state index contributed by atoms with van der Waals surface area (Å²) in [6.07, 6.45) is 3.04. The number of carboxylic acids is 1. The van der Waals surface area contributed by atoms with Crippen molar-refractivity contribution in [2.45, 2.75) is 25.7 Å². The first-order valence-electron chi connectivity index (χ1n) is 7.19. The molecule has 0 radical (unpaired) electrons.